The quantitative estimate of drug-likeness (QED) is 0.595. The summed E-state index contributed by atoms with van der Waals surface area (Å²) >= 11 is 5.55. The highest BCUT2D eigenvalue weighted by molar-refractivity contribution is 6.29. The minimum atomic E-state index is 0.356. The van der Waals surface area contributed by atoms with E-state index in [4.69, 9.17) is 11.6 Å². The molecular weight excluding hydrogens is 188 g/mol. The Kier molecular flexibility index (Phi) is 3.40. The maximum absolute atomic E-state index is 5.55. The van der Waals surface area contributed by atoms with Crippen molar-refractivity contribution in [3.05, 3.63) is 29.9 Å². The molecule has 4 nitrogen and oxygen atoms in total. The molecular formula is C8H9ClN4. The Balaban J connectivity index is 2.65. The smallest absolute Gasteiger partial charge is 0.168 e. The van der Waals surface area contributed by atoms with Crippen molar-refractivity contribution in [2.75, 3.05) is 5.43 Å². The lowest BCUT2D eigenvalue weighted by molar-refractivity contribution is 1.02. The molecule has 0 bridgehead atoms. The molecule has 0 amide bonds. The van der Waals surface area contributed by atoms with E-state index in [1.807, 2.05) is 6.92 Å². The van der Waals surface area contributed by atoms with Gasteiger partial charge in [-0.1, -0.05) is 18.2 Å². The van der Waals surface area contributed by atoms with Gasteiger partial charge in [-0.2, -0.15) is 5.10 Å². The van der Waals surface area contributed by atoms with Crippen LogP contribution < -0.4 is 5.43 Å². The Morgan fingerprint density at radius 3 is 2.92 bits per heavy atom. The van der Waals surface area contributed by atoms with Crippen LogP contribution in [0.25, 0.3) is 0 Å². The molecule has 5 heteroatoms. The number of hydrazone groups is 1. The molecule has 1 N–H and O–H groups in total. The van der Waals surface area contributed by atoms with Crippen molar-refractivity contribution in [2.45, 2.75) is 6.92 Å². The first-order valence-electron chi connectivity index (χ1n) is 3.64. The van der Waals surface area contributed by atoms with Gasteiger partial charge in [0, 0.05) is 0 Å². The van der Waals surface area contributed by atoms with Crippen molar-refractivity contribution in [1.29, 1.82) is 0 Å². The van der Waals surface area contributed by atoms with Crippen molar-refractivity contribution >= 4 is 23.1 Å². The zero-order valence-electron chi connectivity index (χ0n) is 7.16. The molecule has 0 aromatic carbocycles. The van der Waals surface area contributed by atoms with Crippen LogP contribution in [-0.4, -0.2) is 15.9 Å². The van der Waals surface area contributed by atoms with Gasteiger partial charge in [-0.3, -0.25) is 5.43 Å². The van der Waals surface area contributed by atoms with Crippen LogP contribution in [0.1, 0.15) is 6.92 Å². The molecule has 0 saturated heterocycles. The summed E-state index contributed by atoms with van der Waals surface area (Å²) in [6.07, 6.45) is 1.64. The van der Waals surface area contributed by atoms with Crippen LogP contribution in [0.3, 0.4) is 0 Å². The molecule has 68 valence electrons. The zero-order chi connectivity index (χ0) is 9.68. The minimum Gasteiger partial charge on any atom is -0.260 e. The SMILES string of the molecule is C=CC(C)=NNc1ccc(Cl)nn1. The predicted molar refractivity (Wildman–Crippen MR) is 54.0 cm³/mol. The fourth-order valence-corrected chi connectivity index (χ4v) is 0.668. The van der Waals surface area contributed by atoms with Crippen molar-refractivity contribution in [2.24, 2.45) is 5.10 Å². The average Bonchev–Trinajstić information content (AvgIpc) is 2.16. The number of nitrogens with one attached hydrogen (secondary N) is 1. The molecule has 0 radical (unpaired) electrons. The van der Waals surface area contributed by atoms with Gasteiger partial charge in [-0.15, -0.1) is 10.2 Å². The summed E-state index contributed by atoms with van der Waals surface area (Å²) in [5, 5.41) is 11.7. The molecule has 1 aromatic rings. The predicted octanol–water partition coefficient (Wildman–Crippen LogP) is 2.10. The molecule has 0 saturated carbocycles. The summed E-state index contributed by atoms with van der Waals surface area (Å²) in [6.45, 7) is 5.38. The molecule has 1 heterocycles. The molecule has 0 atom stereocenters. The number of anilines is 1. The maximum atomic E-state index is 5.55. The number of rotatable bonds is 3. The second-order valence-corrected chi connectivity index (χ2v) is 2.70. The fourth-order valence-electron chi connectivity index (χ4n) is 0.567. The normalized spacial score (nSPS) is 11.1. The van der Waals surface area contributed by atoms with Crippen molar-refractivity contribution in [3.63, 3.8) is 0 Å². The van der Waals surface area contributed by atoms with Gasteiger partial charge in [0.05, 0.1) is 5.71 Å². The van der Waals surface area contributed by atoms with E-state index in [9.17, 15) is 0 Å². The largest absolute Gasteiger partial charge is 0.260 e. The van der Waals surface area contributed by atoms with E-state index in [1.54, 1.807) is 18.2 Å². The third-order valence-corrected chi connectivity index (χ3v) is 1.48. The number of hydrogen-bond acceptors (Lipinski definition) is 4. The second-order valence-electron chi connectivity index (χ2n) is 2.31. The summed E-state index contributed by atoms with van der Waals surface area (Å²) in [5.41, 5.74) is 3.48. The number of aromatic nitrogens is 2. The van der Waals surface area contributed by atoms with E-state index < -0.39 is 0 Å². The van der Waals surface area contributed by atoms with Crippen molar-refractivity contribution < 1.29 is 0 Å². The van der Waals surface area contributed by atoms with Gasteiger partial charge in [0.2, 0.25) is 0 Å². The molecule has 0 aliphatic carbocycles. The molecule has 0 aliphatic rings. The van der Waals surface area contributed by atoms with E-state index in [0.29, 0.717) is 11.0 Å². The standard InChI is InChI=1S/C8H9ClN4/c1-3-6(2)10-12-8-5-4-7(9)11-13-8/h3-5H,1H2,2H3,(H,12,13). The van der Waals surface area contributed by atoms with Crippen LogP contribution >= 0.6 is 11.6 Å². The van der Waals surface area contributed by atoms with Gasteiger partial charge < -0.3 is 0 Å². The third-order valence-electron chi connectivity index (χ3n) is 1.27. The summed E-state index contributed by atoms with van der Waals surface area (Å²) in [7, 11) is 0. The van der Waals surface area contributed by atoms with Gasteiger partial charge in [0.1, 0.15) is 0 Å². The Morgan fingerprint density at radius 1 is 1.62 bits per heavy atom. The number of halogens is 1. The van der Waals surface area contributed by atoms with E-state index >= 15 is 0 Å². The summed E-state index contributed by atoms with van der Waals surface area (Å²) in [4.78, 5) is 0. The van der Waals surface area contributed by atoms with Gasteiger partial charge in [-0.25, -0.2) is 0 Å². The zero-order valence-corrected chi connectivity index (χ0v) is 7.91. The van der Waals surface area contributed by atoms with Crippen LogP contribution in [0, 0.1) is 0 Å². The fraction of sp³-hybridized carbons (Fsp3) is 0.125. The molecule has 13 heavy (non-hydrogen) atoms. The van der Waals surface area contributed by atoms with Gasteiger partial charge >= 0.3 is 0 Å². The van der Waals surface area contributed by atoms with Crippen LogP contribution in [0.15, 0.2) is 29.9 Å². The average molecular weight is 197 g/mol. The van der Waals surface area contributed by atoms with Gasteiger partial charge in [0.25, 0.3) is 0 Å². The first-order valence-corrected chi connectivity index (χ1v) is 4.02. The first kappa shape index (κ1) is 9.67. The lowest BCUT2D eigenvalue weighted by Crippen LogP contribution is -1.97. The molecule has 1 rings (SSSR count). The Labute approximate surface area is 81.3 Å². The highest BCUT2D eigenvalue weighted by Gasteiger charge is 1.92. The van der Waals surface area contributed by atoms with Gasteiger partial charge in [0.15, 0.2) is 11.0 Å². The summed E-state index contributed by atoms with van der Waals surface area (Å²) in [6, 6.07) is 3.32. The van der Waals surface area contributed by atoms with E-state index in [1.165, 1.54) is 0 Å². The molecule has 1 aromatic heterocycles. The summed E-state index contributed by atoms with van der Waals surface area (Å²) in [5.74, 6) is 0.547. The minimum absolute atomic E-state index is 0.356. The van der Waals surface area contributed by atoms with Crippen LogP contribution in [0.4, 0.5) is 5.82 Å². The molecule has 0 fully saturated rings. The lowest BCUT2D eigenvalue weighted by atomic mass is 10.4. The second kappa shape index (κ2) is 4.57. The van der Waals surface area contributed by atoms with E-state index in [2.05, 4.69) is 27.3 Å². The van der Waals surface area contributed by atoms with Crippen LogP contribution in [-0.2, 0) is 0 Å². The highest BCUT2D eigenvalue weighted by atomic mass is 35.5. The maximum Gasteiger partial charge on any atom is 0.168 e. The number of nitrogens with zero attached hydrogens (tertiary/aromatic N) is 3. The Hall–Kier alpha value is -1.42. The number of allylic oxidation sites excluding steroid dienone is 1. The monoisotopic (exact) mass is 196 g/mol. The highest BCUT2D eigenvalue weighted by Crippen LogP contribution is 2.05. The van der Waals surface area contributed by atoms with E-state index in [0.717, 1.165) is 5.71 Å². The third kappa shape index (κ3) is 3.21. The van der Waals surface area contributed by atoms with Crippen LogP contribution in [0.2, 0.25) is 5.15 Å². The van der Waals surface area contributed by atoms with Crippen molar-refractivity contribution in [3.8, 4) is 0 Å². The molecule has 0 aliphatic heterocycles. The number of hydrogen-bond donors (Lipinski definition) is 1. The Bertz CT molecular complexity index is 317. The summed E-state index contributed by atoms with van der Waals surface area (Å²) < 4.78 is 0. The van der Waals surface area contributed by atoms with Gasteiger partial charge in [-0.05, 0) is 25.1 Å². The lowest BCUT2D eigenvalue weighted by Gasteiger charge is -1.97. The Morgan fingerprint density at radius 2 is 2.38 bits per heavy atom. The molecule has 0 spiro atoms. The topological polar surface area (TPSA) is 50.2 Å². The van der Waals surface area contributed by atoms with Crippen molar-refractivity contribution in [1.82, 2.24) is 10.2 Å². The van der Waals surface area contributed by atoms with Crippen LogP contribution in [0.5, 0.6) is 0 Å². The molecule has 0 unspecified atom stereocenters. The first-order chi connectivity index (χ1) is 6.22. The van der Waals surface area contributed by atoms with E-state index in [-0.39, 0.29) is 0 Å².